The summed E-state index contributed by atoms with van der Waals surface area (Å²) in [7, 11) is 0. The summed E-state index contributed by atoms with van der Waals surface area (Å²) in [6, 6.07) is 30.1. The van der Waals surface area contributed by atoms with Gasteiger partial charge < -0.3 is 111 Å². The first kappa shape index (κ1) is 134. The third-order valence-corrected chi connectivity index (χ3v) is 6.78. The largest absolute Gasteiger partial charge is 0.804 e. The first-order valence-electron chi connectivity index (χ1n) is 21.3. The maximum Gasteiger partial charge on any atom is 0.108 e. The Balaban J connectivity index is -0.0000000304. The second-order valence-corrected chi connectivity index (χ2v) is 10.3. The monoisotopic (exact) mass is 1610 g/mol. The van der Waals surface area contributed by atoms with Crippen molar-refractivity contribution in [2.75, 3.05) is 54.4 Å². The smallest absolute Gasteiger partial charge is 0.108 e. The molecule has 0 saturated carbocycles. The number of nitrogens with zero attached hydrogens (tertiary/aromatic N) is 8. The molecule has 0 bridgehead atoms. The van der Waals surface area contributed by atoms with Crippen molar-refractivity contribution in [3.63, 3.8) is 0 Å². The molecule has 0 heterocycles. The molecule has 0 atom stereocenters. The standard InChI is InChI=1S/C10H13N2O2.C10H12N2O.C8H9N2O.C6H4N2.C6H4NO.5C2H6.7CH3.7Y/c1-2-12(7-8-13)10-5-3-9(11-14)4-6-10;1-3-12(4-2)10-7-5-9(11-13)6-8-10;1-2-9-7-3-5-8(10-11)6-4-7;7-5-1-2-6(8)4-3-5;8-7-6-4-2-1-3-5-6;5*1-2;;;;;;;;;;;;;;/h3-6,13H,1-2,7-8H2;5-8H,1-4H2;3-6,9H,1-2H2;1-4H;2-5H;5*1-2H3;7*1H3;;;;;;;/q-1;-2;-1;-2;-1;;;;;;7*-1;;;;;;;. The fraction of sp³-hybridized carbons (Fsp3) is 0.281. The van der Waals surface area contributed by atoms with E-state index in [0.29, 0.717) is 55.5 Å². The van der Waals surface area contributed by atoms with Crippen LogP contribution in [0.3, 0.4) is 0 Å². The van der Waals surface area contributed by atoms with Gasteiger partial charge in [0.2, 0.25) is 0 Å². The van der Waals surface area contributed by atoms with Gasteiger partial charge in [-0.1, -0.05) is 98.7 Å². The molecule has 4 aromatic carbocycles. The average Bonchev–Trinajstić information content (AvgIpc) is 3.39. The van der Waals surface area contributed by atoms with Gasteiger partial charge in [0.15, 0.2) is 0 Å². The molecule has 0 aromatic heterocycles. The van der Waals surface area contributed by atoms with Gasteiger partial charge in [-0.25, -0.2) is 0 Å². The van der Waals surface area contributed by atoms with Gasteiger partial charge in [0.05, 0.1) is 6.61 Å². The molecule has 0 aliphatic heterocycles. The minimum atomic E-state index is 0. The summed E-state index contributed by atoms with van der Waals surface area (Å²) in [6.45, 7) is 38.1. The molecule has 5 rings (SSSR count). The molecule has 14 nitrogen and oxygen atoms in total. The number of nitrogens with one attached hydrogen (secondary N) is 1. The number of rotatable bonds is 13. The number of nitroso groups, excluding NO2 is 4. The Labute approximate surface area is 656 Å². The van der Waals surface area contributed by atoms with Gasteiger partial charge in [0.25, 0.3) is 0 Å². The zero-order valence-corrected chi connectivity index (χ0v) is 70.7. The SMILES string of the molecule is CC.CC.CC.CC.CC.O=Nc1cc[c-]cc1.[CH2-]CN(CCO)c1ccc(N=O)cc1.[CH2-]CN(C[CH2-])c1ccc(N=O)cc1.[CH2-]CNc1ccc(N=O)cc1.[CH3-].[CH3-].[CH3-].[CH3-].[CH3-].[CH3-].[CH3-].[N-]=C1C=CC(=[N-])C=C1.[Y].[Y].[Y].[Y].[Y].[Y].[Y]. The van der Waals surface area contributed by atoms with Gasteiger partial charge >= 0.3 is 0 Å². The van der Waals surface area contributed by atoms with Gasteiger partial charge in [-0.15, -0.1) is 57.9 Å². The first-order valence-corrected chi connectivity index (χ1v) is 21.3. The summed E-state index contributed by atoms with van der Waals surface area (Å²) < 4.78 is 0. The van der Waals surface area contributed by atoms with Crippen molar-refractivity contribution < 1.29 is 234 Å². The maximum absolute atomic E-state index is 10.2. The topological polar surface area (TPSA) is 201 Å². The third kappa shape index (κ3) is 75.2. The second-order valence-electron chi connectivity index (χ2n) is 10.3. The normalized spacial score (nSPS) is 7.73. The van der Waals surface area contributed by atoms with Crippen LogP contribution in [0.5, 0.6) is 0 Å². The van der Waals surface area contributed by atoms with E-state index in [9.17, 15) is 19.6 Å². The summed E-state index contributed by atoms with van der Waals surface area (Å²) in [5, 5.41) is 40.2. The van der Waals surface area contributed by atoms with Crippen molar-refractivity contribution in [2.24, 2.45) is 20.7 Å². The van der Waals surface area contributed by atoms with Gasteiger partial charge in [-0.3, -0.25) is 0 Å². The molecule has 0 spiro atoms. The van der Waals surface area contributed by atoms with Gasteiger partial charge in [-0.05, 0) is 94.0 Å². The van der Waals surface area contributed by atoms with Crippen molar-refractivity contribution in [3.8, 4) is 0 Å². The molecule has 21 heteroatoms. The minimum absolute atomic E-state index is 0. The Morgan fingerprint density at radius 2 is 0.679 bits per heavy atom. The van der Waals surface area contributed by atoms with Crippen LogP contribution >= 0.6 is 0 Å². The predicted octanol–water partition coefficient (Wildman–Crippen LogP) is 17.9. The summed E-state index contributed by atoms with van der Waals surface area (Å²) in [6.07, 6.45) is 5.70. The molecule has 0 amide bonds. The van der Waals surface area contributed by atoms with Crippen molar-refractivity contribution in [3.05, 3.63) is 238 Å². The number of anilines is 3. The summed E-state index contributed by atoms with van der Waals surface area (Å²) >= 11 is 0. The Kier molecular flexibility index (Phi) is 182. The number of hydrogen-bond donors (Lipinski definition) is 2. The van der Waals surface area contributed by atoms with E-state index in [4.69, 9.17) is 15.9 Å². The van der Waals surface area contributed by atoms with E-state index in [1.54, 1.807) is 84.9 Å². The Morgan fingerprint density at radius 3 is 0.897 bits per heavy atom. The second kappa shape index (κ2) is 106. The third-order valence-electron chi connectivity index (χ3n) is 6.78. The Bertz CT molecular complexity index is 1750. The number of benzene rings is 4. The average molecular weight is 1610 g/mol. The first-order chi connectivity index (χ1) is 31.2. The fourth-order valence-electron chi connectivity index (χ4n) is 3.99. The van der Waals surface area contributed by atoms with Crippen LogP contribution in [0, 0.1) is 105 Å². The van der Waals surface area contributed by atoms with Gasteiger partial charge in [-0.2, -0.15) is 29.6 Å². The molecule has 1 aliphatic rings. The zero-order chi connectivity index (χ0) is 50.0. The molecule has 0 fully saturated rings. The summed E-state index contributed by atoms with van der Waals surface area (Å²) in [4.78, 5) is 43.9. The molecule has 1 aliphatic carbocycles. The van der Waals surface area contributed by atoms with E-state index >= 15 is 0 Å². The van der Waals surface area contributed by atoms with E-state index < -0.39 is 0 Å². The molecule has 4 aromatic rings. The molecular weight excluding hydrogens is 1510 g/mol. The Hall–Kier alpha value is 1.19. The van der Waals surface area contributed by atoms with Crippen molar-refractivity contribution >= 4 is 51.2 Å². The predicted molar refractivity (Wildman–Crippen MR) is 325 cm³/mol. The molecule has 431 valence electrons. The van der Waals surface area contributed by atoms with Crippen LogP contribution in [-0.4, -0.2) is 55.9 Å². The van der Waals surface area contributed by atoms with Crippen LogP contribution < -0.4 is 15.1 Å². The van der Waals surface area contributed by atoms with E-state index in [1.165, 1.54) is 24.3 Å². The van der Waals surface area contributed by atoms with Crippen molar-refractivity contribution in [1.82, 2.24) is 0 Å². The van der Waals surface area contributed by atoms with Gasteiger partial charge in [0, 0.05) is 253 Å². The number of aliphatic hydroxyl groups excluding tert-OH is 1. The molecule has 2 N–H and O–H groups in total. The van der Waals surface area contributed by atoms with Crippen LogP contribution in [0.15, 0.2) is 142 Å². The molecule has 78 heavy (non-hydrogen) atoms. The van der Waals surface area contributed by atoms with Crippen LogP contribution in [-0.2, 0) is 229 Å². The molecule has 7 radical (unpaired) electrons. The van der Waals surface area contributed by atoms with E-state index in [0.717, 1.165) is 17.1 Å². The zero-order valence-electron chi connectivity index (χ0n) is 50.8. The molecular formula is C57H93N9O5Y7-14. The molecule has 0 unspecified atom stereocenters. The van der Waals surface area contributed by atoms with E-state index in [1.807, 2.05) is 91.2 Å². The van der Waals surface area contributed by atoms with Crippen LogP contribution in [0.25, 0.3) is 10.8 Å². The summed E-state index contributed by atoms with van der Waals surface area (Å²) in [5.74, 6) is 0. The van der Waals surface area contributed by atoms with Crippen molar-refractivity contribution in [2.45, 2.75) is 69.2 Å². The number of hydrogen-bond acceptors (Lipinski definition) is 12. The van der Waals surface area contributed by atoms with Crippen molar-refractivity contribution in [1.29, 1.82) is 0 Å². The van der Waals surface area contributed by atoms with Crippen LogP contribution in [0.1, 0.15) is 69.2 Å². The van der Waals surface area contributed by atoms with Crippen LogP contribution in [0.2, 0.25) is 0 Å². The van der Waals surface area contributed by atoms with E-state index in [2.05, 4.69) is 59.8 Å². The van der Waals surface area contributed by atoms with Crippen LogP contribution in [0.4, 0.5) is 39.8 Å². The molecule has 0 saturated heterocycles. The quantitative estimate of drug-likeness (QED) is 0.0748. The number of allylic oxidation sites excluding steroid dienone is 4. The van der Waals surface area contributed by atoms with E-state index in [-0.39, 0.29) is 299 Å². The minimum Gasteiger partial charge on any atom is -0.804 e. The number of aliphatic hydroxyl groups is 1. The fourth-order valence-corrected chi connectivity index (χ4v) is 3.99. The Morgan fingerprint density at radius 1 is 0.436 bits per heavy atom. The van der Waals surface area contributed by atoms with Gasteiger partial charge in [0.1, 0.15) is 17.1 Å². The summed E-state index contributed by atoms with van der Waals surface area (Å²) in [5.41, 5.74) is 4.97. The maximum atomic E-state index is 10.2.